The Balaban J connectivity index is 0.00000220. The summed E-state index contributed by atoms with van der Waals surface area (Å²) < 4.78 is 0. The Morgan fingerprint density at radius 1 is 0.636 bits per heavy atom. The second-order valence-corrected chi connectivity index (χ2v) is 4.76. The third-order valence-electron chi connectivity index (χ3n) is 3.50. The first-order valence-corrected chi connectivity index (χ1v) is 6.96. The molecule has 2 nitrogen and oxygen atoms in total. The van der Waals surface area contributed by atoms with Gasteiger partial charge >= 0.3 is 59.1 Å². The van der Waals surface area contributed by atoms with Gasteiger partial charge in [-0.3, -0.25) is 0 Å². The molecule has 0 aliphatic heterocycles. The van der Waals surface area contributed by atoms with Crippen molar-refractivity contribution in [2.45, 2.75) is 26.7 Å². The standard InChI is InChI=1S/C18H20O2.2Na/c1-3-17(13-5-9-15(19)10-6-13)18(4-2)14-7-11-16(20)12-8-14;;/h5-12,19-20H,3-4H2,1-2H3;;/q;2*+1/b18-17+;;. The fourth-order valence-electron chi connectivity index (χ4n) is 2.51. The van der Waals surface area contributed by atoms with Crippen molar-refractivity contribution in [2.24, 2.45) is 0 Å². The summed E-state index contributed by atoms with van der Waals surface area (Å²) in [7, 11) is 0. The summed E-state index contributed by atoms with van der Waals surface area (Å²) in [4.78, 5) is 0. The zero-order valence-corrected chi connectivity index (χ0v) is 17.9. The van der Waals surface area contributed by atoms with Crippen LogP contribution in [0, 0.1) is 0 Å². The fraction of sp³-hybridized carbons (Fsp3) is 0.222. The van der Waals surface area contributed by atoms with Gasteiger partial charge in [-0.25, -0.2) is 0 Å². The van der Waals surface area contributed by atoms with E-state index in [4.69, 9.17) is 0 Å². The summed E-state index contributed by atoms with van der Waals surface area (Å²) >= 11 is 0. The number of allylic oxidation sites excluding steroid dienone is 2. The van der Waals surface area contributed by atoms with Gasteiger partial charge in [0.1, 0.15) is 11.5 Å². The van der Waals surface area contributed by atoms with E-state index in [1.54, 1.807) is 24.3 Å². The molecule has 0 heterocycles. The fourth-order valence-corrected chi connectivity index (χ4v) is 2.51. The number of aromatic hydroxyl groups is 2. The van der Waals surface area contributed by atoms with Crippen LogP contribution < -0.4 is 59.1 Å². The Hall–Kier alpha value is -0.220. The number of phenolic OH excluding ortho intramolecular Hbond substituents is 2. The molecule has 0 atom stereocenters. The first-order chi connectivity index (χ1) is 9.65. The van der Waals surface area contributed by atoms with E-state index < -0.39 is 0 Å². The van der Waals surface area contributed by atoms with E-state index >= 15 is 0 Å². The van der Waals surface area contributed by atoms with Gasteiger partial charge in [0.25, 0.3) is 0 Å². The number of phenols is 2. The predicted octanol–water partition coefficient (Wildman–Crippen LogP) is -1.16. The third kappa shape index (κ3) is 5.45. The van der Waals surface area contributed by atoms with Crippen molar-refractivity contribution >= 4 is 11.1 Å². The largest absolute Gasteiger partial charge is 1.00 e. The molecule has 0 aromatic heterocycles. The Kier molecular flexibility index (Phi) is 10.4. The van der Waals surface area contributed by atoms with Gasteiger partial charge < -0.3 is 10.2 Å². The molecule has 0 amide bonds. The molecule has 2 aromatic rings. The quantitative estimate of drug-likeness (QED) is 0.552. The molecule has 0 aliphatic carbocycles. The minimum Gasteiger partial charge on any atom is -0.508 e. The van der Waals surface area contributed by atoms with E-state index in [0.29, 0.717) is 0 Å². The van der Waals surface area contributed by atoms with Crippen LogP contribution in [0.4, 0.5) is 0 Å². The van der Waals surface area contributed by atoms with Gasteiger partial charge in [-0.15, -0.1) is 0 Å². The first-order valence-electron chi connectivity index (χ1n) is 6.96. The molecule has 0 spiro atoms. The molecule has 2 aromatic carbocycles. The zero-order valence-electron chi connectivity index (χ0n) is 13.9. The second kappa shape index (κ2) is 10.5. The summed E-state index contributed by atoms with van der Waals surface area (Å²) in [5.74, 6) is 0.568. The van der Waals surface area contributed by atoms with E-state index in [1.165, 1.54) is 11.1 Å². The SMILES string of the molecule is CC/C(=C(/CC)c1ccc(O)cc1)c1ccc(O)cc1.[Na+].[Na+]. The van der Waals surface area contributed by atoms with Gasteiger partial charge in [0.2, 0.25) is 0 Å². The van der Waals surface area contributed by atoms with Crippen LogP contribution in [0.3, 0.4) is 0 Å². The second-order valence-electron chi connectivity index (χ2n) is 4.76. The number of rotatable bonds is 4. The van der Waals surface area contributed by atoms with Gasteiger partial charge in [0.15, 0.2) is 0 Å². The van der Waals surface area contributed by atoms with E-state index in [2.05, 4.69) is 13.8 Å². The molecule has 22 heavy (non-hydrogen) atoms. The van der Waals surface area contributed by atoms with Crippen molar-refractivity contribution in [3.63, 3.8) is 0 Å². The summed E-state index contributed by atoms with van der Waals surface area (Å²) in [6, 6.07) is 14.7. The van der Waals surface area contributed by atoms with Crippen LogP contribution in [0.1, 0.15) is 37.8 Å². The molecule has 0 bridgehead atoms. The van der Waals surface area contributed by atoms with E-state index in [0.717, 1.165) is 24.0 Å². The van der Waals surface area contributed by atoms with E-state index in [-0.39, 0.29) is 70.6 Å². The van der Waals surface area contributed by atoms with Crippen molar-refractivity contribution in [1.29, 1.82) is 0 Å². The normalized spacial score (nSPS) is 11.0. The van der Waals surface area contributed by atoms with E-state index in [1.807, 2.05) is 24.3 Å². The molecule has 104 valence electrons. The van der Waals surface area contributed by atoms with Gasteiger partial charge in [-0.2, -0.15) is 0 Å². The predicted molar refractivity (Wildman–Crippen MR) is 83.6 cm³/mol. The molecule has 0 aliphatic rings. The summed E-state index contributed by atoms with van der Waals surface area (Å²) in [6.07, 6.45) is 1.85. The number of hydrogen-bond acceptors (Lipinski definition) is 2. The van der Waals surface area contributed by atoms with Crippen molar-refractivity contribution in [1.82, 2.24) is 0 Å². The van der Waals surface area contributed by atoms with E-state index in [9.17, 15) is 10.2 Å². The molecule has 0 saturated carbocycles. The first kappa shape index (κ1) is 21.8. The van der Waals surface area contributed by atoms with Crippen LogP contribution in [0.25, 0.3) is 11.1 Å². The van der Waals surface area contributed by atoms with Crippen molar-refractivity contribution < 1.29 is 69.3 Å². The smallest absolute Gasteiger partial charge is 0.508 e. The third-order valence-corrected chi connectivity index (χ3v) is 3.50. The van der Waals surface area contributed by atoms with Crippen LogP contribution in [0.5, 0.6) is 11.5 Å². The molecule has 0 unspecified atom stereocenters. The maximum Gasteiger partial charge on any atom is 1.00 e. The molecule has 4 heteroatoms. The average Bonchev–Trinajstić information content (AvgIpc) is 2.47. The summed E-state index contributed by atoms with van der Waals surface area (Å²) in [5, 5.41) is 18.8. The van der Waals surface area contributed by atoms with Gasteiger partial charge in [0, 0.05) is 0 Å². The molecule has 2 N–H and O–H groups in total. The van der Waals surface area contributed by atoms with Crippen LogP contribution in [-0.4, -0.2) is 10.2 Å². The molecule has 0 saturated heterocycles. The minimum absolute atomic E-state index is 0. The van der Waals surface area contributed by atoms with Gasteiger partial charge in [-0.1, -0.05) is 38.1 Å². The maximum atomic E-state index is 9.41. The molecular weight excluding hydrogens is 294 g/mol. The number of hydrogen-bond donors (Lipinski definition) is 2. The van der Waals surface area contributed by atoms with Crippen LogP contribution in [0.15, 0.2) is 48.5 Å². The topological polar surface area (TPSA) is 40.5 Å². The molecule has 0 radical (unpaired) electrons. The van der Waals surface area contributed by atoms with Crippen molar-refractivity contribution in [3.8, 4) is 11.5 Å². The van der Waals surface area contributed by atoms with Crippen LogP contribution in [-0.2, 0) is 0 Å². The number of benzene rings is 2. The van der Waals surface area contributed by atoms with Gasteiger partial charge in [0.05, 0.1) is 0 Å². The Morgan fingerprint density at radius 3 is 1.14 bits per heavy atom. The van der Waals surface area contributed by atoms with Crippen molar-refractivity contribution in [3.05, 3.63) is 59.7 Å². The van der Waals surface area contributed by atoms with Gasteiger partial charge in [-0.05, 0) is 59.4 Å². The molecule has 0 fully saturated rings. The molecular formula is C18H20Na2O2+2. The van der Waals surface area contributed by atoms with Crippen LogP contribution in [0.2, 0.25) is 0 Å². The summed E-state index contributed by atoms with van der Waals surface area (Å²) in [5.41, 5.74) is 4.82. The van der Waals surface area contributed by atoms with Crippen LogP contribution >= 0.6 is 0 Å². The van der Waals surface area contributed by atoms with Crippen molar-refractivity contribution in [2.75, 3.05) is 0 Å². The molecule has 2 rings (SSSR count). The Labute approximate surface area is 176 Å². The zero-order chi connectivity index (χ0) is 14.5. The summed E-state index contributed by atoms with van der Waals surface area (Å²) in [6.45, 7) is 4.27. The Bertz CT molecular complexity index is 546. The minimum atomic E-state index is 0. The monoisotopic (exact) mass is 314 g/mol. The average molecular weight is 314 g/mol. The maximum absolute atomic E-state index is 9.41. The Morgan fingerprint density at radius 2 is 0.909 bits per heavy atom.